The molecule has 0 fully saturated rings. The van der Waals surface area contributed by atoms with Crippen LogP contribution in [0.25, 0.3) is 0 Å². The summed E-state index contributed by atoms with van der Waals surface area (Å²) in [6, 6.07) is 1.66. The summed E-state index contributed by atoms with van der Waals surface area (Å²) in [6.07, 6.45) is 3.26. The number of nitrogens with zero attached hydrogens (tertiary/aromatic N) is 2. The lowest BCUT2D eigenvalue weighted by Crippen LogP contribution is -2.25. The fourth-order valence-electron chi connectivity index (χ4n) is 1.22. The lowest BCUT2D eigenvalue weighted by atomic mass is 10.3. The quantitative estimate of drug-likeness (QED) is 0.714. The summed E-state index contributed by atoms with van der Waals surface area (Å²) in [4.78, 5) is 12.6. The monoisotopic (exact) mass is 272 g/mol. The molecule has 1 aromatic rings. The summed E-state index contributed by atoms with van der Waals surface area (Å²) in [5.41, 5.74) is 0. The summed E-state index contributed by atoms with van der Waals surface area (Å²) >= 11 is 1.80. The Morgan fingerprint density at radius 1 is 1.50 bits per heavy atom. The van der Waals surface area contributed by atoms with Crippen LogP contribution in [0, 0.1) is 0 Å². The molecule has 5 nitrogen and oxygen atoms in total. The van der Waals surface area contributed by atoms with Crippen LogP contribution in [0.5, 0.6) is 5.88 Å². The Bertz CT molecular complexity index is 366. The minimum Gasteiger partial charge on any atom is -0.388 e. The Hall–Kier alpha value is -1.17. The molecule has 0 unspecified atom stereocenters. The average Bonchev–Trinajstić information content (AvgIpc) is 2.76. The van der Waals surface area contributed by atoms with Crippen LogP contribution in [0.4, 0.5) is 4.79 Å². The molecule has 6 heteroatoms. The number of unbranched alkanes of at least 4 members (excludes halogenated alkanes) is 2. The average molecular weight is 272 g/mol. The highest BCUT2D eigenvalue weighted by Crippen LogP contribution is 2.18. The van der Waals surface area contributed by atoms with Gasteiger partial charge in [-0.05, 0) is 17.3 Å². The third kappa shape index (κ3) is 5.44. The van der Waals surface area contributed by atoms with Crippen molar-refractivity contribution < 1.29 is 14.1 Å². The number of thioether (sulfide) groups is 1. The molecule has 0 aliphatic heterocycles. The first-order chi connectivity index (χ1) is 8.63. The number of rotatable bonds is 7. The van der Waals surface area contributed by atoms with Crippen molar-refractivity contribution in [3.05, 3.63) is 11.8 Å². The molecule has 0 aromatic carbocycles. The van der Waals surface area contributed by atoms with Crippen LogP contribution >= 0.6 is 11.8 Å². The second-order valence-electron chi connectivity index (χ2n) is 4.15. The van der Waals surface area contributed by atoms with Crippen molar-refractivity contribution in [2.45, 2.75) is 31.9 Å². The van der Waals surface area contributed by atoms with Gasteiger partial charge in [-0.15, -0.1) is 0 Å². The van der Waals surface area contributed by atoms with Gasteiger partial charge in [-0.2, -0.15) is 11.8 Å². The van der Waals surface area contributed by atoms with Gasteiger partial charge in [0.05, 0.1) is 5.75 Å². The molecule has 1 heterocycles. The molecule has 102 valence electrons. The van der Waals surface area contributed by atoms with E-state index in [9.17, 15) is 4.79 Å². The van der Waals surface area contributed by atoms with Crippen molar-refractivity contribution in [2.24, 2.45) is 0 Å². The number of amides is 1. The van der Waals surface area contributed by atoms with Crippen LogP contribution in [0.2, 0.25) is 0 Å². The zero-order chi connectivity index (χ0) is 13.4. The fourth-order valence-corrected chi connectivity index (χ4v) is 2.11. The third-order valence-corrected chi connectivity index (χ3v) is 3.30. The first kappa shape index (κ1) is 14.9. The van der Waals surface area contributed by atoms with E-state index in [1.807, 2.05) is 0 Å². The Morgan fingerprint density at radius 3 is 2.94 bits per heavy atom. The second kappa shape index (κ2) is 8.02. The summed E-state index contributed by atoms with van der Waals surface area (Å²) in [5.74, 6) is 2.83. The van der Waals surface area contributed by atoms with Gasteiger partial charge in [0.1, 0.15) is 0 Å². The van der Waals surface area contributed by atoms with E-state index in [0.717, 1.165) is 17.3 Å². The summed E-state index contributed by atoms with van der Waals surface area (Å²) in [7, 11) is 3.24. The number of ether oxygens (including phenoxy) is 1. The van der Waals surface area contributed by atoms with E-state index >= 15 is 0 Å². The van der Waals surface area contributed by atoms with Gasteiger partial charge in [-0.3, -0.25) is 0 Å². The van der Waals surface area contributed by atoms with Gasteiger partial charge < -0.3 is 14.2 Å². The molecule has 0 spiro atoms. The first-order valence-electron chi connectivity index (χ1n) is 6.06. The standard InChI is InChI=1S/C12H20N2O3S/c1-4-5-6-7-18-9-10-8-11(13-17-10)16-12(15)14(2)3/h8H,4-7,9H2,1-3H3. The molecule has 1 aromatic heterocycles. The van der Waals surface area contributed by atoms with E-state index in [1.54, 1.807) is 31.9 Å². The fraction of sp³-hybridized carbons (Fsp3) is 0.667. The molecule has 0 bridgehead atoms. The van der Waals surface area contributed by atoms with Crippen LogP contribution in [0.15, 0.2) is 10.6 Å². The van der Waals surface area contributed by atoms with E-state index in [-0.39, 0.29) is 5.88 Å². The van der Waals surface area contributed by atoms with Crippen LogP contribution < -0.4 is 4.74 Å². The molecule has 0 saturated carbocycles. The van der Waals surface area contributed by atoms with E-state index < -0.39 is 6.09 Å². The van der Waals surface area contributed by atoms with E-state index in [1.165, 1.54) is 24.2 Å². The van der Waals surface area contributed by atoms with Crippen molar-refractivity contribution in [3.8, 4) is 5.88 Å². The predicted octanol–water partition coefficient (Wildman–Crippen LogP) is 3.16. The largest absolute Gasteiger partial charge is 0.416 e. The van der Waals surface area contributed by atoms with Crippen LogP contribution in [0.1, 0.15) is 31.9 Å². The minimum atomic E-state index is -0.453. The lowest BCUT2D eigenvalue weighted by Gasteiger charge is -2.07. The number of hydrogen-bond donors (Lipinski definition) is 0. The maximum absolute atomic E-state index is 11.3. The highest BCUT2D eigenvalue weighted by molar-refractivity contribution is 7.98. The molecule has 0 saturated heterocycles. The molecule has 18 heavy (non-hydrogen) atoms. The smallest absolute Gasteiger partial charge is 0.388 e. The Balaban J connectivity index is 2.28. The second-order valence-corrected chi connectivity index (χ2v) is 5.26. The Kier molecular flexibility index (Phi) is 6.64. The number of carbonyl (C=O) groups is 1. The maximum Gasteiger partial charge on any atom is 0.416 e. The van der Waals surface area contributed by atoms with Gasteiger partial charge in [0.2, 0.25) is 0 Å². The van der Waals surface area contributed by atoms with Crippen molar-refractivity contribution in [1.29, 1.82) is 0 Å². The number of hydrogen-bond acceptors (Lipinski definition) is 5. The number of carbonyl (C=O) groups excluding carboxylic acids is 1. The SMILES string of the molecule is CCCCCSCc1cc(OC(=O)N(C)C)no1. The topological polar surface area (TPSA) is 55.6 Å². The Labute approximate surface area is 112 Å². The van der Waals surface area contributed by atoms with Gasteiger partial charge >= 0.3 is 6.09 Å². The normalized spacial score (nSPS) is 10.4. The molecular formula is C12H20N2O3S. The first-order valence-corrected chi connectivity index (χ1v) is 7.21. The lowest BCUT2D eigenvalue weighted by molar-refractivity contribution is 0.167. The molecule has 0 radical (unpaired) electrons. The van der Waals surface area contributed by atoms with Crippen molar-refractivity contribution >= 4 is 17.9 Å². The molecule has 0 atom stereocenters. The van der Waals surface area contributed by atoms with Crippen molar-refractivity contribution in [1.82, 2.24) is 10.1 Å². The zero-order valence-electron chi connectivity index (χ0n) is 11.1. The van der Waals surface area contributed by atoms with Crippen LogP contribution in [-0.4, -0.2) is 36.0 Å². The highest BCUT2D eigenvalue weighted by Gasteiger charge is 2.11. The summed E-state index contributed by atoms with van der Waals surface area (Å²) in [5, 5.41) is 3.70. The van der Waals surface area contributed by atoms with Crippen molar-refractivity contribution in [2.75, 3.05) is 19.8 Å². The molecule has 1 amide bonds. The molecule has 0 aliphatic carbocycles. The molecule has 1 rings (SSSR count). The van der Waals surface area contributed by atoms with Crippen LogP contribution in [0.3, 0.4) is 0 Å². The highest BCUT2D eigenvalue weighted by atomic mass is 32.2. The van der Waals surface area contributed by atoms with Gasteiger partial charge in [-0.1, -0.05) is 19.8 Å². The third-order valence-electron chi connectivity index (χ3n) is 2.23. The van der Waals surface area contributed by atoms with Gasteiger partial charge in [-0.25, -0.2) is 4.79 Å². The molecular weight excluding hydrogens is 252 g/mol. The van der Waals surface area contributed by atoms with Gasteiger partial charge in [0.15, 0.2) is 5.76 Å². The van der Waals surface area contributed by atoms with E-state index in [4.69, 9.17) is 9.26 Å². The summed E-state index contributed by atoms with van der Waals surface area (Å²) in [6.45, 7) is 2.19. The minimum absolute atomic E-state index is 0.220. The van der Waals surface area contributed by atoms with Gasteiger partial charge in [0.25, 0.3) is 5.88 Å². The summed E-state index contributed by atoms with van der Waals surface area (Å²) < 4.78 is 10.1. The van der Waals surface area contributed by atoms with Crippen molar-refractivity contribution in [3.63, 3.8) is 0 Å². The predicted molar refractivity (Wildman–Crippen MR) is 71.9 cm³/mol. The van der Waals surface area contributed by atoms with E-state index in [0.29, 0.717) is 0 Å². The maximum atomic E-state index is 11.3. The van der Waals surface area contributed by atoms with Crippen LogP contribution in [-0.2, 0) is 5.75 Å². The zero-order valence-corrected chi connectivity index (χ0v) is 12.0. The number of aromatic nitrogens is 1. The van der Waals surface area contributed by atoms with E-state index in [2.05, 4.69) is 12.1 Å². The molecule has 0 N–H and O–H groups in total. The Morgan fingerprint density at radius 2 is 2.28 bits per heavy atom. The molecule has 0 aliphatic rings. The van der Waals surface area contributed by atoms with Gasteiger partial charge in [0, 0.05) is 20.2 Å².